The minimum absolute atomic E-state index is 0.0605. The molecule has 7 nitrogen and oxygen atoms in total. The summed E-state index contributed by atoms with van der Waals surface area (Å²) in [5.41, 5.74) is -0.755. The lowest BCUT2D eigenvalue weighted by Gasteiger charge is -2.20. The van der Waals surface area contributed by atoms with E-state index in [4.69, 9.17) is 16.3 Å². The molecule has 0 saturated heterocycles. The van der Waals surface area contributed by atoms with Crippen molar-refractivity contribution in [2.75, 3.05) is 16.4 Å². The summed E-state index contributed by atoms with van der Waals surface area (Å²) in [4.78, 5) is 24.0. The number of sulfone groups is 1. The van der Waals surface area contributed by atoms with Crippen LogP contribution >= 0.6 is 11.6 Å². The molecule has 0 saturated carbocycles. The predicted octanol–water partition coefficient (Wildman–Crippen LogP) is 4.63. The van der Waals surface area contributed by atoms with Crippen molar-refractivity contribution in [3.63, 3.8) is 0 Å². The minimum Gasteiger partial charge on any atom is -0.444 e. The summed E-state index contributed by atoms with van der Waals surface area (Å²) in [5.74, 6) is -1.71. The first-order valence-electron chi connectivity index (χ1n) is 8.93. The lowest BCUT2D eigenvalue weighted by atomic mass is 10.2. The number of hydrogen-bond donors (Lipinski definition) is 2. The third-order valence-electron chi connectivity index (χ3n) is 3.66. The number of carbonyl (C=O) groups excluding carboxylic acids is 2. The van der Waals surface area contributed by atoms with Crippen LogP contribution in [-0.2, 0) is 19.4 Å². The SMILES string of the molecule is CC(C)(C)OC(=O)Nc1cc(NC(=O)CCS(=O)(=O)c2ccc(Cl)cc2)ccc1F. The summed E-state index contributed by atoms with van der Waals surface area (Å²) in [7, 11) is -3.67. The summed E-state index contributed by atoms with van der Waals surface area (Å²) in [6.07, 6.45) is -1.16. The van der Waals surface area contributed by atoms with Crippen molar-refractivity contribution in [3.05, 3.63) is 53.3 Å². The van der Waals surface area contributed by atoms with Gasteiger partial charge in [0.15, 0.2) is 9.84 Å². The maximum atomic E-state index is 13.9. The summed E-state index contributed by atoms with van der Waals surface area (Å²) in [6, 6.07) is 9.20. The Morgan fingerprint density at radius 1 is 1.07 bits per heavy atom. The lowest BCUT2D eigenvalue weighted by Crippen LogP contribution is -2.27. The molecule has 0 aromatic heterocycles. The highest BCUT2D eigenvalue weighted by Gasteiger charge is 2.19. The molecule has 0 fully saturated rings. The van der Waals surface area contributed by atoms with Gasteiger partial charge in [-0.2, -0.15) is 0 Å². The van der Waals surface area contributed by atoms with Gasteiger partial charge in [-0.25, -0.2) is 17.6 Å². The van der Waals surface area contributed by atoms with Crippen LogP contribution in [0.15, 0.2) is 47.4 Å². The van der Waals surface area contributed by atoms with Crippen molar-refractivity contribution in [1.82, 2.24) is 0 Å². The Bertz CT molecular complexity index is 1030. The van der Waals surface area contributed by atoms with E-state index in [2.05, 4.69) is 10.6 Å². The van der Waals surface area contributed by atoms with Gasteiger partial charge in [0.1, 0.15) is 11.4 Å². The number of anilines is 2. The second-order valence-corrected chi connectivity index (χ2v) is 9.94. The molecule has 2 aromatic carbocycles. The Morgan fingerprint density at radius 3 is 2.30 bits per heavy atom. The number of nitrogens with one attached hydrogen (secondary N) is 2. The number of rotatable bonds is 6. The number of amides is 2. The number of carbonyl (C=O) groups is 2. The highest BCUT2D eigenvalue weighted by atomic mass is 35.5. The highest BCUT2D eigenvalue weighted by molar-refractivity contribution is 7.91. The Kier molecular flexibility index (Phi) is 7.44. The van der Waals surface area contributed by atoms with Gasteiger partial charge in [-0.05, 0) is 63.2 Å². The van der Waals surface area contributed by atoms with Gasteiger partial charge >= 0.3 is 6.09 Å². The highest BCUT2D eigenvalue weighted by Crippen LogP contribution is 2.21. The molecular weight excluding hydrogens is 435 g/mol. The molecule has 30 heavy (non-hydrogen) atoms. The van der Waals surface area contributed by atoms with Crippen LogP contribution in [0.1, 0.15) is 27.2 Å². The van der Waals surface area contributed by atoms with Crippen molar-refractivity contribution in [3.8, 4) is 0 Å². The van der Waals surface area contributed by atoms with E-state index in [-0.39, 0.29) is 22.7 Å². The maximum absolute atomic E-state index is 13.9. The van der Waals surface area contributed by atoms with Gasteiger partial charge in [-0.1, -0.05) is 11.6 Å². The molecule has 0 aliphatic heterocycles. The fourth-order valence-electron chi connectivity index (χ4n) is 2.32. The third-order valence-corrected chi connectivity index (χ3v) is 5.64. The van der Waals surface area contributed by atoms with E-state index < -0.39 is 39.0 Å². The molecule has 10 heteroatoms. The molecule has 0 radical (unpaired) electrons. The minimum atomic E-state index is -3.67. The lowest BCUT2D eigenvalue weighted by molar-refractivity contribution is -0.115. The van der Waals surface area contributed by atoms with E-state index >= 15 is 0 Å². The molecule has 0 aliphatic rings. The zero-order valence-electron chi connectivity index (χ0n) is 16.7. The van der Waals surface area contributed by atoms with Gasteiger partial charge in [0.25, 0.3) is 0 Å². The number of halogens is 2. The van der Waals surface area contributed by atoms with Crippen LogP contribution in [0.2, 0.25) is 5.02 Å². The smallest absolute Gasteiger partial charge is 0.412 e. The maximum Gasteiger partial charge on any atom is 0.412 e. The van der Waals surface area contributed by atoms with E-state index in [0.29, 0.717) is 5.02 Å². The van der Waals surface area contributed by atoms with Gasteiger partial charge in [0.05, 0.1) is 16.3 Å². The zero-order valence-corrected chi connectivity index (χ0v) is 18.2. The normalized spacial score (nSPS) is 11.6. The van der Waals surface area contributed by atoms with Crippen LogP contribution in [0, 0.1) is 5.82 Å². The fraction of sp³-hybridized carbons (Fsp3) is 0.300. The van der Waals surface area contributed by atoms with E-state index in [1.54, 1.807) is 20.8 Å². The second-order valence-electron chi connectivity index (χ2n) is 7.39. The van der Waals surface area contributed by atoms with E-state index in [9.17, 15) is 22.4 Å². The first-order chi connectivity index (χ1) is 13.9. The Hall–Kier alpha value is -2.65. The van der Waals surface area contributed by atoms with E-state index in [1.807, 2.05) is 0 Å². The van der Waals surface area contributed by atoms with Crippen molar-refractivity contribution in [2.45, 2.75) is 37.7 Å². The number of hydrogen-bond acceptors (Lipinski definition) is 5. The Balaban J connectivity index is 1.99. The van der Waals surface area contributed by atoms with Crippen molar-refractivity contribution < 1.29 is 27.1 Å². The molecule has 0 spiro atoms. The van der Waals surface area contributed by atoms with Crippen LogP contribution in [0.25, 0.3) is 0 Å². The Labute approximate surface area is 179 Å². The average Bonchev–Trinajstić information content (AvgIpc) is 2.62. The monoisotopic (exact) mass is 456 g/mol. The van der Waals surface area contributed by atoms with Crippen LogP contribution < -0.4 is 10.6 Å². The fourth-order valence-corrected chi connectivity index (χ4v) is 3.69. The topological polar surface area (TPSA) is 102 Å². The molecule has 2 N–H and O–H groups in total. The molecule has 0 aliphatic carbocycles. The molecule has 2 rings (SSSR count). The largest absolute Gasteiger partial charge is 0.444 e. The van der Waals surface area contributed by atoms with Crippen molar-refractivity contribution in [2.24, 2.45) is 0 Å². The van der Waals surface area contributed by atoms with Crippen LogP contribution in [0.4, 0.5) is 20.6 Å². The van der Waals surface area contributed by atoms with Gasteiger partial charge in [0.2, 0.25) is 5.91 Å². The number of ether oxygens (including phenoxy) is 1. The summed E-state index contributed by atoms with van der Waals surface area (Å²) in [6.45, 7) is 4.99. The molecule has 2 aromatic rings. The van der Waals surface area contributed by atoms with Gasteiger partial charge < -0.3 is 10.1 Å². The molecular formula is C20H22ClFN2O5S. The molecule has 162 valence electrons. The first kappa shape index (κ1) is 23.6. The third kappa shape index (κ3) is 7.31. The Morgan fingerprint density at radius 2 is 1.70 bits per heavy atom. The molecule has 2 amide bonds. The molecule has 0 bridgehead atoms. The first-order valence-corrected chi connectivity index (χ1v) is 11.0. The van der Waals surface area contributed by atoms with Gasteiger partial charge in [0, 0.05) is 17.1 Å². The van der Waals surface area contributed by atoms with Gasteiger partial charge in [-0.3, -0.25) is 10.1 Å². The summed E-state index contributed by atoms with van der Waals surface area (Å²) in [5, 5.41) is 5.15. The number of benzene rings is 2. The molecule has 0 heterocycles. The standard InChI is InChI=1S/C20H22ClFN2O5S/c1-20(2,3)29-19(26)24-17-12-14(6-9-16(17)22)23-18(25)10-11-30(27,28)15-7-4-13(21)5-8-15/h4-9,12H,10-11H2,1-3H3,(H,23,25)(H,24,26). The summed E-state index contributed by atoms with van der Waals surface area (Å²) < 4.78 is 43.6. The quantitative estimate of drug-likeness (QED) is 0.659. The van der Waals surface area contributed by atoms with E-state index in [1.165, 1.54) is 36.4 Å². The van der Waals surface area contributed by atoms with Crippen LogP contribution in [0.3, 0.4) is 0 Å². The second kappa shape index (κ2) is 9.44. The molecule has 0 unspecified atom stereocenters. The summed E-state index contributed by atoms with van der Waals surface area (Å²) >= 11 is 5.75. The van der Waals surface area contributed by atoms with Gasteiger partial charge in [-0.15, -0.1) is 0 Å². The van der Waals surface area contributed by atoms with Crippen LogP contribution in [-0.4, -0.2) is 31.8 Å². The average molecular weight is 457 g/mol. The zero-order chi connectivity index (χ0) is 22.5. The van der Waals surface area contributed by atoms with Crippen molar-refractivity contribution in [1.29, 1.82) is 0 Å². The predicted molar refractivity (Wildman–Crippen MR) is 113 cm³/mol. The van der Waals surface area contributed by atoms with Crippen molar-refractivity contribution >= 4 is 44.8 Å². The molecule has 0 atom stereocenters. The van der Waals surface area contributed by atoms with E-state index in [0.717, 1.165) is 6.07 Å². The van der Waals surface area contributed by atoms with Crippen LogP contribution in [0.5, 0.6) is 0 Å².